The molecule has 0 saturated carbocycles. The van der Waals surface area contributed by atoms with E-state index in [4.69, 9.17) is 21.3 Å². The average molecular weight is 411 g/mol. The van der Waals surface area contributed by atoms with Gasteiger partial charge in [-0.2, -0.15) is 10.2 Å². The van der Waals surface area contributed by atoms with E-state index in [-0.39, 0.29) is 11.6 Å². The molecular formula is C20H19ClN6O2. The smallest absolute Gasteiger partial charge is 0.262 e. The van der Waals surface area contributed by atoms with Crippen molar-refractivity contribution in [2.45, 2.75) is 25.3 Å². The molecule has 0 spiro atoms. The van der Waals surface area contributed by atoms with E-state index in [0.717, 1.165) is 24.1 Å². The molecule has 0 aliphatic carbocycles. The first-order chi connectivity index (χ1) is 14.2. The molecule has 5 rings (SSSR count). The molecule has 1 fully saturated rings. The number of fused-ring (bicyclic) bond motifs is 1. The van der Waals surface area contributed by atoms with Crippen LogP contribution in [0.2, 0.25) is 5.02 Å². The zero-order valence-electron chi connectivity index (χ0n) is 15.6. The molecule has 1 saturated heterocycles. The first kappa shape index (κ1) is 18.1. The fraction of sp³-hybridized carbons (Fsp3) is 0.300. The van der Waals surface area contributed by atoms with Crippen LogP contribution in [0.1, 0.15) is 30.3 Å². The van der Waals surface area contributed by atoms with E-state index in [1.54, 1.807) is 17.1 Å². The number of ether oxygens (including phenoxy) is 1. The van der Waals surface area contributed by atoms with Crippen LogP contribution in [0.5, 0.6) is 0 Å². The second-order valence-electron chi connectivity index (χ2n) is 7.08. The van der Waals surface area contributed by atoms with Crippen LogP contribution in [0.15, 0.2) is 47.7 Å². The Balaban J connectivity index is 1.56. The largest absolute Gasteiger partial charge is 0.381 e. The van der Waals surface area contributed by atoms with Crippen LogP contribution < -0.4 is 5.56 Å². The van der Waals surface area contributed by atoms with Gasteiger partial charge in [0.05, 0.1) is 17.9 Å². The van der Waals surface area contributed by atoms with Crippen LogP contribution in [0.4, 0.5) is 0 Å². The topological polar surface area (TPSA) is 90.6 Å². The maximum atomic E-state index is 12.6. The molecular weight excluding hydrogens is 392 g/mol. The average Bonchev–Trinajstić information content (AvgIpc) is 3.39. The van der Waals surface area contributed by atoms with Gasteiger partial charge < -0.3 is 9.72 Å². The minimum atomic E-state index is -0.189. The van der Waals surface area contributed by atoms with Crippen molar-refractivity contribution in [1.29, 1.82) is 0 Å². The van der Waals surface area contributed by atoms with Crippen LogP contribution in [0, 0.1) is 0 Å². The Morgan fingerprint density at radius 3 is 2.90 bits per heavy atom. The fourth-order valence-corrected chi connectivity index (χ4v) is 3.97. The molecule has 4 aromatic rings. The van der Waals surface area contributed by atoms with E-state index in [0.29, 0.717) is 41.5 Å². The highest BCUT2D eigenvalue weighted by Crippen LogP contribution is 2.24. The molecule has 1 N–H and O–H groups in total. The third-order valence-corrected chi connectivity index (χ3v) is 5.43. The highest BCUT2D eigenvalue weighted by atomic mass is 35.5. The third-order valence-electron chi connectivity index (χ3n) is 5.20. The lowest BCUT2D eigenvalue weighted by atomic mass is 10.1. The zero-order valence-corrected chi connectivity index (χ0v) is 16.3. The number of nitrogens with one attached hydrogen (secondary N) is 1. The van der Waals surface area contributed by atoms with Gasteiger partial charge in [0.25, 0.3) is 5.56 Å². The first-order valence-electron chi connectivity index (χ1n) is 9.51. The third kappa shape index (κ3) is 3.45. The van der Waals surface area contributed by atoms with E-state index < -0.39 is 0 Å². The van der Waals surface area contributed by atoms with E-state index in [2.05, 4.69) is 15.2 Å². The zero-order chi connectivity index (χ0) is 19.8. The number of benzene rings is 1. The molecule has 1 aromatic carbocycles. The molecule has 148 valence electrons. The summed E-state index contributed by atoms with van der Waals surface area (Å²) >= 11 is 6.23. The van der Waals surface area contributed by atoms with Crippen molar-refractivity contribution in [3.05, 3.63) is 69.6 Å². The van der Waals surface area contributed by atoms with Gasteiger partial charge >= 0.3 is 0 Å². The number of aromatic amines is 1. The normalized spacial score (nSPS) is 15.2. The van der Waals surface area contributed by atoms with Crippen molar-refractivity contribution in [2.75, 3.05) is 13.2 Å². The standard InChI is InChI=1S/C20H19ClN6O2/c21-14-2-3-17(26-7-1-6-22-26)13(10-14)11-18-24-19-16(20(28)25-18)12-23-27(19)15-4-8-29-9-5-15/h1-3,6-7,10,12,15H,4-5,8-9,11H2,(H,24,25,28). The maximum Gasteiger partial charge on any atom is 0.262 e. The quantitative estimate of drug-likeness (QED) is 0.558. The van der Waals surface area contributed by atoms with Gasteiger partial charge in [-0.15, -0.1) is 0 Å². The second-order valence-corrected chi connectivity index (χ2v) is 7.52. The molecule has 9 heteroatoms. The van der Waals surface area contributed by atoms with Gasteiger partial charge in [-0.3, -0.25) is 4.79 Å². The van der Waals surface area contributed by atoms with E-state index in [1.165, 1.54) is 0 Å². The Morgan fingerprint density at radius 1 is 1.24 bits per heavy atom. The van der Waals surface area contributed by atoms with Crippen molar-refractivity contribution in [3.8, 4) is 5.69 Å². The molecule has 0 radical (unpaired) electrons. The molecule has 4 heterocycles. The number of hydrogen-bond acceptors (Lipinski definition) is 5. The van der Waals surface area contributed by atoms with Crippen molar-refractivity contribution in [2.24, 2.45) is 0 Å². The van der Waals surface area contributed by atoms with Crippen molar-refractivity contribution < 1.29 is 4.74 Å². The predicted octanol–water partition coefficient (Wildman–Crippen LogP) is 2.90. The summed E-state index contributed by atoms with van der Waals surface area (Å²) < 4.78 is 9.08. The number of halogens is 1. The summed E-state index contributed by atoms with van der Waals surface area (Å²) in [4.78, 5) is 20.3. The molecule has 0 unspecified atom stereocenters. The van der Waals surface area contributed by atoms with Crippen LogP contribution in [-0.2, 0) is 11.2 Å². The van der Waals surface area contributed by atoms with Crippen molar-refractivity contribution >= 4 is 22.6 Å². The lowest BCUT2D eigenvalue weighted by Gasteiger charge is -2.22. The summed E-state index contributed by atoms with van der Waals surface area (Å²) in [5.74, 6) is 0.562. The highest BCUT2D eigenvalue weighted by Gasteiger charge is 2.21. The number of nitrogens with zero attached hydrogens (tertiary/aromatic N) is 5. The van der Waals surface area contributed by atoms with Gasteiger partial charge in [-0.05, 0) is 42.7 Å². The molecule has 1 aliphatic heterocycles. The van der Waals surface area contributed by atoms with Crippen LogP contribution in [-0.4, -0.2) is 42.7 Å². The SMILES string of the molecule is O=c1[nH]c(Cc2cc(Cl)ccc2-n2cccn2)nc2c1cnn2C1CCOCC1. The Bertz CT molecular complexity index is 1210. The minimum Gasteiger partial charge on any atom is -0.381 e. The first-order valence-corrected chi connectivity index (χ1v) is 9.89. The number of hydrogen-bond donors (Lipinski definition) is 1. The lowest BCUT2D eigenvalue weighted by molar-refractivity contribution is 0.0673. The van der Waals surface area contributed by atoms with Crippen LogP contribution in [0.25, 0.3) is 16.7 Å². The van der Waals surface area contributed by atoms with E-state index in [1.807, 2.05) is 35.1 Å². The fourth-order valence-electron chi connectivity index (χ4n) is 3.77. The van der Waals surface area contributed by atoms with Gasteiger partial charge in [0, 0.05) is 37.1 Å². The highest BCUT2D eigenvalue weighted by molar-refractivity contribution is 6.30. The Morgan fingerprint density at radius 2 is 2.10 bits per heavy atom. The maximum absolute atomic E-state index is 12.6. The molecule has 3 aromatic heterocycles. The molecule has 29 heavy (non-hydrogen) atoms. The van der Waals surface area contributed by atoms with Crippen LogP contribution in [0.3, 0.4) is 0 Å². The molecule has 1 aliphatic rings. The molecule has 0 amide bonds. The lowest BCUT2D eigenvalue weighted by Crippen LogP contribution is -2.21. The Labute approximate surface area is 171 Å². The molecule has 8 nitrogen and oxygen atoms in total. The molecule has 0 bridgehead atoms. The molecule has 0 atom stereocenters. The second kappa shape index (κ2) is 7.46. The summed E-state index contributed by atoms with van der Waals surface area (Å²) in [6.07, 6.45) is 7.31. The summed E-state index contributed by atoms with van der Waals surface area (Å²) in [5.41, 5.74) is 2.23. The van der Waals surface area contributed by atoms with Crippen molar-refractivity contribution in [1.82, 2.24) is 29.5 Å². The summed E-state index contributed by atoms with van der Waals surface area (Å²) in [5, 5.41) is 9.87. The number of aromatic nitrogens is 6. The van der Waals surface area contributed by atoms with Gasteiger partial charge in [-0.25, -0.2) is 14.3 Å². The van der Waals surface area contributed by atoms with E-state index >= 15 is 0 Å². The summed E-state index contributed by atoms with van der Waals surface area (Å²) in [6, 6.07) is 7.65. The number of rotatable bonds is 4. The van der Waals surface area contributed by atoms with Gasteiger partial charge in [0.1, 0.15) is 11.2 Å². The predicted molar refractivity (Wildman–Crippen MR) is 109 cm³/mol. The Hall–Kier alpha value is -2.97. The van der Waals surface area contributed by atoms with Gasteiger partial charge in [-0.1, -0.05) is 11.6 Å². The number of H-pyrrole nitrogens is 1. The van der Waals surface area contributed by atoms with E-state index in [9.17, 15) is 4.79 Å². The van der Waals surface area contributed by atoms with Crippen molar-refractivity contribution in [3.63, 3.8) is 0 Å². The Kier molecular flexibility index (Phi) is 4.65. The van der Waals surface area contributed by atoms with Gasteiger partial charge in [0.2, 0.25) is 0 Å². The monoisotopic (exact) mass is 410 g/mol. The minimum absolute atomic E-state index is 0.189. The van der Waals surface area contributed by atoms with Crippen LogP contribution >= 0.6 is 11.6 Å². The van der Waals surface area contributed by atoms with Gasteiger partial charge in [0.15, 0.2) is 5.65 Å². The summed E-state index contributed by atoms with van der Waals surface area (Å²) in [7, 11) is 0. The summed E-state index contributed by atoms with van der Waals surface area (Å²) in [6.45, 7) is 1.38.